The molecule has 0 aliphatic carbocycles. The van der Waals surface area contributed by atoms with E-state index in [9.17, 15) is 9.59 Å². The number of H-pyrrole nitrogens is 1. The zero-order valence-corrected chi connectivity index (χ0v) is 18.8. The van der Waals surface area contributed by atoms with Gasteiger partial charge in [-0.3, -0.25) is 4.79 Å². The number of carbonyl (C=O) groups is 1. The number of ether oxygens (including phenoxy) is 1. The topological polar surface area (TPSA) is 85.2 Å². The third kappa shape index (κ3) is 4.30. The number of hydrogen-bond acceptors (Lipinski definition) is 6. The van der Waals surface area contributed by atoms with Crippen LogP contribution in [0.1, 0.15) is 33.7 Å². The van der Waals surface area contributed by atoms with Crippen LogP contribution in [0.2, 0.25) is 10.0 Å². The first kappa shape index (κ1) is 21.4. The zero-order valence-electron chi connectivity index (χ0n) is 16.5. The quantitative estimate of drug-likeness (QED) is 0.347. The Bertz CT molecular complexity index is 1380. The van der Waals surface area contributed by atoms with Gasteiger partial charge in [-0.15, -0.1) is 11.3 Å². The molecule has 158 valence electrons. The normalized spacial score (nSPS) is 11.5. The molecule has 0 radical (unpaired) electrons. The van der Waals surface area contributed by atoms with Gasteiger partial charge in [-0.05, 0) is 61.9 Å². The van der Waals surface area contributed by atoms with Gasteiger partial charge in [0.05, 0.1) is 17.0 Å². The van der Waals surface area contributed by atoms with Crippen LogP contribution in [0.4, 0.5) is 0 Å². The Morgan fingerprint density at radius 2 is 2.06 bits per heavy atom. The van der Waals surface area contributed by atoms with Crippen molar-refractivity contribution in [1.82, 2.24) is 9.97 Å². The highest BCUT2D eigenvalue weighted by molar-refractivity contribution is 7.20. The Morgan fingerprint density at radius 1 is 1.26 bits per heavy atom. The second-order valence-electron chi connectivity index (χ2n) is 6.57. The first-order chi connectivity index (χ1) is 14.9. The number of esters is 1. The summed E-state index contributed by atoms with van der Waals surface area (Å²) in [6.45, 7) is 3.70. The first-order valence-electron chi connectivity index (χ1n) is 9.31. The largest absolute Gasteiger partial charge is 0.462 e. The van der Waals surface area contributed by atoms with Crippen molar-refractivity contribution in [2.24, 2.45) is 0 Å². The number of aromatic amines is 1. The van der Waals surface area contributed by atoms with Gasteiger partial charge in [0.1, 0.15) is 27.1 Å². The smallest absolute Gasteiger partial charge is 0.348 e. The highest BCUT2D eigenvalue weighted by atomic mass is 35.5. The summed E-state index contributed by atoms with van der Waals surface area (Å²) >= 11 is 13.4. The molecule has 6 nitrogen and oxygen atoms in total. The summed E-state index contributed by atoms with van der Waals surface area (Å²) in [7, 11) is 0. The number of aromatic nitrogens is 2. The molecule has 3 heterocycles. The average molecular weight is 475 g/mol. The fourth-order valence-electron chi connectivity index (χ4n) is 3.07. The molecule has 0 saturated carbocycles. The number of halogens is 2. The van der Waals surface area contributed by atoms with Crippen LogP contribution in [0, 0.1) is 6.92 Å². The minimum absolute atomic E-state index is 0.260. The van der Waals surface area contributed by atoms with Crippen LogP contribution in [0.5, 0.6) is 0 Å². The molecule has 0 aliphatic rings. The van der Waals surface area contributed by atoms with E-state index in [0.29, 0.717) is 53.6 Å². The van der Waals surface area contributed by atoms with E-state index in [1.54, 1.807) is 56.3 Å². The molecule has 0 unspecified atom stereocenters. The predicted octanol–water partition coefficient (Wildman–Crippen LogP) is 6.21. The molecule has 0 aliphatic heterocycles. The maximum atomic E-state index is 12.6. The molecule has 0 saturated heterocycles. The van der Waals surface area contributed by atoms with E-state index in [2.05, 4.69) is 9.97 Å². The van der Waals surface area contributed by atoms with Gasteiger partial charge in [-0.2, -0.15) is 0 Å². The van der Waals surface area contributed by atoms with Crippen molar-refractivity contribution in [3.8, 4) is 11.3 Å². The molecule has 1 aromatic carbocycles. The van der Waals surface area contributed by atoms with Crippen LogP contribution in [-0.2, 0) is 4.74 Å². The molecule has 4 rings (SSSR count). The minimum Gasteiger partial charge on any atom is -0.462 e. The molecule has 3 aromatic heterocycles. The molecule has 0 atom stereocenters. The number of benzene rings is 1. The maximum absolute atomic E-state index is 12.6. The van der Waals surface area contributed by atoms with Crippen molar-refractivity contribution in [3.05, 3.63) is 72.8 Å². The predicted molar refractivity (Wildman–Crippen MR) is 124 cm³/mol. The second-order valence-corrected chi connectivity index (χ2v) is 8.41. The highest BCUT2D eigenvalue weighted by Crippen LogP contribution is 2.32. The zero-order chi connectivity index (χ0) is 22.1. The summed E-state index contributed by atoms with van der Waals surface area (Å²) in [5, 5.41) is 1.47. The lowest BCUT2D eigenvalue weighted by molar-refractivity contribution is 0.0531. The lowest BCUT2D eigenvalue weighted by atomic mass is 10.2. The number of rotatable bonds is 5. The minimum atomic E-state index is -0.456. The molecular formula is C22H16Cl2N2O4S. The van der Waals surface area contributed by atoms with Crippen LogP contribution in [-0.4, -0.2) is 22.5 Å². The SMILES string of the molecule is CCOC(=O)c1sc2nc(/C=C/c3ccc(-c4cc(Cl)ccc4Cl)o3)[nH]c(=O)c2c1C. The van der Waals surface area contributed by atoms with Crippen LogP contribution in [0.3, 0.4) is 0 Å². The monoisotopic (exact) mass is 474 g/mol. The van der Waals surface area contributed by atoms with E-state index in [1.165, 1.54) is 0 Å². The van der Waals surface area contributed by atoms with Gasteiger partial charge in [-0.25, -0.2) is 9.78 Å². The van der Waals surface area contributed by atoms with E-state index in [1.807, 2.05) is 0 Å². The molecular weight excluding hydrogens is 459 g/mol. The third-order valence-electron chi connectivity index (χ3n) is 4.51. The van der Waals surface area contributed by atoms with Gasteiger partial charge in [0, 0.05) is 10.6 Å². The van der Waals surface area contributed by atoms with E-state index in [0.717, 1.165) is 11.3 Å². The Morgan fingerprint density at radius 3 is 2.84 bits per heavy atom. The van der Waals surface area contributed by atoms with Crippen molar-refractivity contribution >= 4 is 62.9 Å². The van der Waals surface area contributed by atoms with Gasteiger partial charge in [-0.1, -0.05) is 23.2 Å². The molecule has 9 heteroatoms. The number of furan rings is 1. The highest BCUT2D eigenvalue weighted by Gasteiger charge is 2.19. The summed E-state index contributed by atoms with van der Waals surface area (Å²) < 4.78 is 10.9. The molecule has 31 heavy (non-hydrogen) atoms. The number of aryl methyl sites for hydroxylation is 1. The van der Waals surface area contributed by atoms with Crippen molar-refractivity contribution in [2.75, 3.05) is 6.61 Å². The van der Waals surface area contributed by atoms with E-state index >= 15 is 0 Å². The van der Waals surface area contributed by atoms with Crippen molar-refractivity contribution < 1.29 is 13.9 Å². The van der Waals surface area contributed by atoms with Crippen molar-refractivity contribution in [3.63, 3.8) is 0 Å². The maximum Gasteiger partial charge on any atom is 0.348 e. The van der Waals surface area contributed by atoms with Crippen LogP contribution in [0.15, 0.2) is 39.5 Å². The Balaban J connectivity index is 1.65. The van der Waals surface area contributed by atoms with Gasteiger partial charge < -0.3 is 14.1 Å². The third-order valence-corrected chi connectivity index (χ3v) is 6.24. The Labute approximate surface area is 191 Å². The standard InChI is InChI=1S/C22H16Cl2N2O4S/c1-3-29-22(28)19-11(2)18-20(27)25-17(26-21(18)31-19)9-6-13-5-8-16(30-13)14-10-12(23)4-7-15(14)24/h4-10H,3H2,1-2H3,(H,25,26,27)/b9-6+. The van der Waals surface area contributed by atoms with Crippen LogP contribution in [0.25, 0.3) is 33.7 Å². The van der Waals surface area contributed by atoms with Crippen molar-refractivity contribution in [1.29, 1.82) is 0 Å². The number of nitrogens with one attached hydrogen (secondary N) is 1. The van der Waals surface area contributed by atoms with E-state index in [-0.39, 0.29) is 12.2 Å². The molecule has 4 aromatic rings. The molecule has 0 spiro atoms. The number of carbonyl (C=O) groups excluding carboxylic acids is 1. The van der Waals surface area contributed by atoms with Crippen molar-refractivity contribution in [2.45, 2.75) is 13.8 Å². The molecule has 0 bridgehead atoms. The van der Waals surface area contributed by atoms with Gasteiger partial charge in [0.25, 0.3) is 5.56 Å². The fraction of sp³-hybridized carbons (Fsp3) is 0.136. The summed E-state index contributed by atoms with van der Waals surface area (Å²) in [6.07, 6.45) is 3.31. The molecule has 1 N–H and O–H groups in total. The Kier molecular flexibility index (Phi) is 6.00. The number of hydrogen-bond donors (Lipinski definition) is 1. The van der Waals surface area contributed by atoms with Gasteiger partial charge >= 0.3 is 5.97 Å². The summed E-state index contributed by atoms with van der Waals surface area (Å²) in [5.74, 6) is 0.996. The lowest BCUT2D eigenvalue weighted by Crippen LogP contribution is -2.10. The second kappa shape index (κ2) is 8.70. The Hall–Kier alpha value is -2.87. The number of fused-ring (bicyclic) bond motifs is 1. The molecule has 0 fully saturated rings. The van der Waals surface area contributed by atoms with Crippen LogP contribution >= 0.6 is 34.5 Å². The molecule has 0 amide bonds. The fourth-order valence-corrected chi connectivity index (χ4v) is 4.53. The average Bonchev–Trinajstić information content (AvgIpc) is 3.33. The summed E-state index contributed by atoms with van der Waals surface area (Å²) in [6, 6.07) is 8.69. The van der Waals surface area contributed by atoms with E-state index < -0.39 is 5.97 Å². The summed E-state index contributed by atoms with van der Waals surface area (Å²) in [4.78, 5) is 32.7. The van der Waals surface area contributed by atoms with Gasteiger partial charge in [0.15, 0.2) is 0 Å². The summed E-state index contributed by atoms with van der Waals surface area (Å²) in [5.41, 5.74) is 0.930. The number of thiophene rings is 1. The first-order valence-corrected chi connectivity index (χ1v) is 10.9. The van der Waals surface area contributed by atoms with E-state index in [4.69, 9.17) is 32.4 Å². The number of nitrogens with zero attached hydrogens (tertiary/aromatic N) is 1. The van der Waals surface area contributed by atoms with Gasteiger partial charge in [0.2, 0.25) is 0 Å². The lowest BCUT2D eigenvalue weighted by Gasteiger charge is -2.01. The van der Waals surface area contributed by atoms with Crippen LogP contribution < -0.4 is 5.56 Å².